The van der Waals surface area contributed by atoms with Crippen LogP contribution < -0.4 is 5.32 Å². The number of amides is 1. The molecule has 0 saturated heterocycles. The lowest BCUT2D eigenvalue weighted by Gasteiger charge is -2.34. The van der Waals surface area contributed by atoms with Gasteiger partial charge in [0.2, 0.25) is 0 Å². The summed E-state index contributed by atoms with van der Waals surface area (Å²) >= 11 is 1.65. The zero-order valence-corrected chi connectivity index (χ0v) is 16.1. The maximum absolute atomic E-state index is 13.2. The second kappa shape index (κ2) is 7.20. The van der Waals surface area contributed by atoms with Gasteiger partial charge >= 0.3 is 0 Å². The predicted octanol–water partition coefficient (Wildman–Crippen LogP) is 5.52. The Hall–Kier alpha value is -2.20. The molecular weight excluding hydrogens is 340 g/mol. The summed E-state index contributed by atoms with van der Waals surface area (Å²) in [5.74, 6) is 1.19. The molecule has 0 bridgehead atoms. The number of benzene rings is 1. The molecule has 134 valence electrons. The highest BCUT2D eigenvalue weighted by atomic mass is 32.1. The quantitative estimate of drug-likeness (QED) is 0.665. The topological polar surface area (TPSA) is 42.0 Å². The summed E-state index contributed by atoms with van der Waals surface area (Å²) in [6.07, 6.45) is 3.51. The average Bonchev–Trinajstić information content (AvgIpc) is 3.19. The molecule has 4 heteroatoms. The van der Waals surface area contributed by atoms with Crippen molar-refractivity contribution in [3.63, 3.8) is 0 Å². The molecule has 3 atom stereocenters. The SMILES string of the molecule is C[C@H]1[C@H](C)CCC[C@@H]1NC(=O)c1cc(-c2cccs2)nc2ccccc12. The Morgan fingerprint density at radius 3 is 2.81 bits per heavy atom. The van der Waals surface area contributed by atoms with Crippen molar-refractivity contribution in [2.75, 3.05) is 0 Å². The van der Waals surface area contributed by atoms with E-state index < -0.39 is 0 Å². The number of fused-ring (bicyclic) bond motifs is 1. The highest BCUT2D eigenvalue weighted by Crippen LogP contribution is 2.31. The summed E-state index contributed by atoms with van der Waals surface area (Å²) in [5.41, 5.74) is 2.46. The number of thiophene rings is 1. The van der Waals surface area contributed by atoms with E-state index in [1.807, 2.05) is 47.8 Å². The highest BCUT2D eigenvalue weighted by Gasteiger charge is 2.29. The van der Waals surface area contributed by atoms with Crippen LogP contribution >= 0.6 is 11.3 Å². The summed E-state index contributed by atoms with van der Waals surface area (Å²) in [7, 11) is 0. The zero-order valence-electron chi connectivity index (χ0n) is 15.2. The van der Waals surface area contributed by atoms with Crippen LogP contribution in [0.15, 0.2) is 47.8 Å². The van der Waals surface area contributed by atoms with Crippen molar-refractivity contribution >= 4 is 28.1 Å². The summed E-state index contributed by atoms with van der Waals surface area (Å²) in [5, 5.41) is 6.27. The molecule has 4 rings (SSSR count). The van der Waals surface area contributed by atoms with Gasteiger partial charge in [-0.1, -0.05) is 51.0 Å². The standard InChI is InChI=1S/C22H24N2OS/c1-14-7-5-10-18(15(14)2)24-22(25)17-13-20(21-11-6-12-26-21)23-19-9-4-3-8-16(17)19/h3-4,6,8-9,11-15,18H,5,7,10H2,1-2H3,(H,24,25)/t14-,15+,18+/m1/s1. The number of pyridine rings is 1. The molecule has 0 spiro atoms. The first-order valence-corrected chi connectivity index (χ1v) is 10.3. The van der Waals surface area contributed by atoms with Gasteiger partial charge in [-0.05, 0) is 41.8 Å². The Kier molecular flexibility index (Phi) is 4.77. The zero-order chi connectivity index (χ0) is 18.1. The molecule has 1 amide bonds. The maximum atomic E-state index is 13.2. The minimum absolute atomic E-state index is 0.0207. The van der Waals surface area contributed by atoms with Crippen molar-refractivity contribution in [2.45, 2.75) is 39.2 Å². The largest absolute Gasteiger partial charge is 0.349 e. The Morgan fingerprint density at radius 1 is 1.15 bits per heavy atom. The molecule has 1 aliphatic rings. The summed E-state index contributed by atoms with van der Waals surface area (Å²) in [4.78, 5) is 19.0. The first-order chi connectivity index (χ1) is 12.6. The van der Waals surface area contributed by atoms with Gasteiger partial charge < -0.3 is 5.32 Å². The molecular formula is C22H24N2OS. The van der Waals surface area contributed by atoms with E-state index >= 15 is 0 Å². The number of rotatable bonds is 3. The van der Waals surface area contributed by atoms with E-state index in [1.165, 1.54) is 12.8 Å². The number of carbonyl (C=O) groups is 1. The van der Waals surface area contributed by atoms with Crippen LogP contribution in [-0.2, 0) is 0 Å². The molecule has 3 aromatic rings. The molecule has 0 aliphatic heterocycles. The minimum atomic E-state index is 0.0207. The fourth-order valence-electron chi connectivity index (χ4n) is 3.95. The van der Waals surface area contributed by atoms with E-state index in [-0.39, 0.29) is 11.9 Å². The molecule has 1 aliphatic carbocycles. The number of carbonyl (C=O) groups excluding carboxylic acids is 1. The molecule has 2 heterocycles. The van der Waals surface area contributed by atoms with Gasteiger partial charge in [0.15, 0.2) is 0 Å². The van der Waals surface area contributed by atoms with Crippen molar-refractivity contribution < 1.29 is 4.79 Å². The van der Waals surface area contributed by atoms with Gasteiger partial charge in [-0.2, -0.15) is 0 Å². The summed E-state index contributed by atoms with van der Waals surface area (Å²) in [6, 6.07) is 14.2. The number of hydrogen-bond donors (Lipinski definition) is 1. The maximum Gasteiger partial charge on any atom is 0.252 e. The second-order valence-corrected chi connectivity index (χ2v) is 8.34. The summed E-state index contributed by atoms with van der Waals surface area (Å²) < 4.78 is 0. The highest BCUT2D eigenvalue weighted by molar-refractivity contribution is 7.13. The van der Waals surface area contributed by atoms with Crippen LogP contribution in [0, 0.1) is 11.8 Å². The lowest BCUT2D eigenvalue weighted by molar-refractivity contribution is 0.0892. The van der Waals surface area contributed by atoms with Crippen LogP contribution in [-0.4, -0.2) is 16.9 Å². The third-order valence-corrected chi connectivity index (χ3v) is 6.65. The third kappa shape index (κ3) is 3.26. The first-order valence-electron chi connectivity index (χ1n) is 9.38. The second-order valence-electron chi connectivity index (χ2n) is 7.40. The lowest BCUT2D eigenvalue weighted by atomic mass is 9.78. The Morgan fingerprint density at radius 2 is 2.00 bits per heavy atom. The van der Waals surface area contributed by atoms with Crippen LogP contribution in [0.5, 0.6) is 0 Å². The van der Waals surface area contributed by atoms with Crippen LogP contribution in [0.25, 0.3) is 21.5 Å². The van der Waals surface area contributed by atoms with Gasteiger partial charge in [0, 0.05) is 11.4 Å². The number of hydrogen-bond acceptors (Lipinski definition) is 3. The fourth-order valence-corrected chi connectivity index (χ4v) is 4.63. The third-order valence-electron chi connectivity index (χ3n) is 5.76. The van der Waals surface area contributed by atoms with Crippen LogP contribution in [0.3, 0.4) is 0 Å². The van der Waals surface area contributed by atoms with E-state index in [9.17, 15) is 4.79 Å². The number of nitrogens with one attached hydrogen (secondary N) is 1. The molecule has 0 unspecified atom stereocenters. The molecule has 1 N–H and O–H groups in total. The molecule has 26 heavy (non-hydrogen) atoms. The van der Waals surface area contributed by atoms with E-state index in [1.54, 1.807) is 11.3 Å². The molecule has 0 radical (unpaired) electrons. The number of aromatic nitrogens is 1. The van der Waals surface area contributed by atoms with E-state index in [0.29, 0.717) is 11.8 Å². The van der Waals surface area contributed by atoms with Gasteiger partial charge in [-0.25, -0.2) is 4.98 Å². The lowest BCUT2D eigenvalue weighted by Crippen LogP contribution is -2.43. The van der Waals surface area contributed by atoms with Crippen molar-refractivity contribution in [1.29, 1.82) is 0 Å². The van der Waals surface area contributed by atoms with Gasteiger partial charge in [0.25, 0.3) is 5.91 Å². The van der Waals surface area contributed by atoms with E-state index in [4.69, 9.17) is 4.98 Å². The Bertz CT molecular complexity index is 919. The Labute approximate surface area is 158 Å². The molecule has 2 aromatic heterocycles. The molecule has 1 fully saturated rings. The monoisotopic (exact) mass is 364 g/mol. The number of nitrogens with zero attached hydrogens (tertiary/aromatic N) is 1. The smallest absolute Gasteiger partial charge is 0.252 e. The minimum Gasteiger partial charge on any atom is -0.349 e. The van der Waals surface area contributed by atoms with Gasteiger partial charge in [0.05, 0.1) is 21.7 Å². The Balaban J connectivity index is 1.71. The van der Waals surface area contributed by atoms with Crippen LogP contribution in [0.2, 0.25) is 0 Å². The van der Waals surface area contributed by atoms with Crippen molar-refractivity contribution in [2.24, 2.45) is 11.8 Å². The van der Waals surface area contributed by atoms with Crippen molar-refractivity contribution in [3.8, 4) is 10.6 Å². The summed E-state index contributed by atoms with van der Waals surface area (Å²) in [6.45, 7) is 4.55. The normalized spacial score (nSPS) is 23.1. The fraction of sp³-hybridized carbons (Fsp3) is 0.364. The molecule has 1 saturated carbocycles. The van der Waals surface area contributed by atoms with Gasteiger partial charge in [0.1, 0.15) is 0 Å². The van der Waals surface area contributed by atoms with Crippen LogP contribution in [0.1, 0.15) is 43.5 Å². The van der Waals surface area contributed by atoms with Gasteiger partial charge in [-0.3, -0.25) is 4.79 Å². The number of para-hydroxylation sites is 1. The van der Waals surface area contributed by atoms with E-state index in [0.717, 1.165) is 33.5 Å². The molecule has 1 aromatic carbocycles. The molecule has 3 nitrogen and oxygen atoms in total. The van der Waals surface area contributed by atoms with Crippen molar-refractivity contribution in [1.82, 2.24) is 10.3 Å². The first kappa shape index (κ1) is 17.2. The van der Waals surface area contributed by atoms with E-state index in [2.05, 4.69) is 19.2 Å². The predicted molar refractivity (Wildman–Crippen MR) is 108 cm³/mol. The van der Waals surface area contributed by atoms with Crippen LogP contribution in [0.4, 0.5) is 0 Å². The van der Waals surface area contributed by atoms with Gasteiger partial charge in [-0.15, -0.1) is 11.3 Å². The van der Waals surface area contributed by atoms with Crippen molar-refractivity contribution in [3.05, 3.63) is 53.4 Å². The average molecular weight is 365 g/mol.